The summed E-state index contributed by atoms with van der Waals surface area (Å²) >= 11 is 0. The number of H-pyrrole nitrogens is 1. The number of aryl methyl sites for hydroxylation is 1. The lowest BCUT2D eigenvalue weighted by atomic mass is 10.1. The van der Waals surface area contributed by atoms with Crippen LogP contribution < -0.4 is 5.32 Å². The fourth-order valence-electron chi connectivity index (χ4n) is 2.65. The minimum absolute atomic E-state index is 0.0735. The number of rotatable bonds is 7. The first kappa shape index (κ1) is 15.0. The number of ether oxygens (including phenoxy) is 1. The molecule has 1 aliphatic heterocycles. The molecule has 1 fully saturated rings. The van der Waals surface area contributed by atoms with Gasteiger partial charge in [0.25, 0.3) is 5.91 Å². The molecule has 0 saturated carbocycles. The fourth-order valence-corrected chi connectivity index (χ4v) is 2.65. The van der Waals surface area contributed by atoms with Gasteiger partial charge in [-0.05, 0) is 45.4 Å². The summed E-state index contributed by atoms with van der Waals surface area (Å²) in [5, 5.41) is 9.95. The van der Waals surface area contributed by atoms with Crippen LogP contribution >= 0.6 is 0 Å². The van der Waals surface area contributed by atoms with Crippen LogP contribution in [0.2, 0.25) is 0 Å². The molecule has 5 heteroatoms. The van der Waals surface area contributed by atoms with Gasteiger partial charge in [-0.15, -0.1) is 0 Å². The molecule has 1 aliphatic rings. The normalized spacial score (nSPS) is 18.4. The van der Waals surface area contributed by atoms with Crippen LogP contribution in [0.3, 0.4) is 0 Å². The summed E-state index contributed by atoms with van der Waals surface area (Å²) in [6.45, 7) is 5.61. The number of hydrogen-bond donors (Lipinski definition) is 2. The van der Waals surface area contributed by atoms with Crippen LogP contribution in [0.15, 0.2) is 0 Å². The van der Waals surface area contributed by atoms with E-state index in [-0.39, 0.29) is 5.91 Å². The summed E-state index contributed by atoms with van der Waals surface area (Å²) < 4.78 is 5.58. The van der Waals surface area contributed by atoms with Crippen LogP contribution in [-0.4, -0.2) is 35.4 Å². The second-order valence-corrected chi connectivity index (χ2v) is 5.42. The highest BCUT2D eigenvalue weighted by Gasteiger charge is 2.16. The van der Waals surface area contributed by atoms with E-state index in [2.05, 4.69) is 15.5 Å². The Kier molecular flexibility index (Phi) is 5.59. The Morgan fingerprint density at radius 1 is 1.50 bits per heavy atom. The molecule has 112 valence electrons. The van der Waals surface area contributed by atoms with Crippen molar-refractivity contribution < 1.29 is 9.53 Å². The van der Waals surface area contributed by atoms with Gasteiger partial charge in [0, 0.05) is 24.4 Å². The summed E-state index contributed by atoms with van der Waals surface area (Å²) in [5.41, 5.74) is 2.53. The van der Waals surface area contributed by atoms with E-state index in [0.717, 1.165) is 43.5 Å². The van der Waals surface area contributed by atoms with E-state index in [4.69, 9.17) is 4.74 Å². The predicted molar refractivity (Wildman–Crippen MR) is 77.9 cm³/mol. The standard InChI is InChI=1S/C15H25N3O2/c1-3-13-11(2)14(18-17-13)15(19)16-9-5-4-7-12-8-6-10-20-12/h12H,3-10H2,1-2H3,(H,16,19)(H,17,18)/t12-/m1/s1. The Morgan fingerprint density at radius 2 is 2.35 bits per heavy atom. The van der Waals surface area contributed by atoms with Gasteiger partial charge in [-0.1, -0.05) is 6.92 Å². The van der Waals surface area contributed by atoms with E-state index in [1.165, 1.54) is 12.8 Å². The van der Waals surface area contributed by atoms with Gasteiger partial charge in [0.1, 0.15) is 0 Å². The van der Waals surface area contributed by atoms with Crippen LogP contribution in [0, 0.1) is 6.92 Å². The number of unbranched alkanes of at least 4 members (excludes halogenated alkanes) is 1. The van der Waals surface area contributed by atoms with Crippen molar-refractivity contribution in [2.75, 3.05) is 13.2 Å². The molecule has 1 aromatic heterocycles. The summed E-state index contributed by atoms with van der Waals surface area (Å²) in [5.74, 6) is -0.0735. The van der Waals surface area contributed by atoms with Crippen LogP contribution in [0.25, 0.3) is 0 Å². The maximum atomic E-state index is 12.0. The molecule has 2 heterocycles. The molecule has 0 aliphatic carbocycles. The number of aromatic amines is 1. The first-order valence-corrected chi connectivity index (χ1v) is 7.66. The van der Waals surface area contributed by atoms with Crippen LogP contribution in [-0.2, 0) is 11.2 Å². The van der Waals surface area contributed by atoms with Gasteiger partial charge in [0.15, 0.2) is 5.69 Å². The molecular weight excluding hydrogens is 254 g/mol. The van der Waals surface area contributed by atoms with Gasteiger partial charge in [-0.3, -0.25) is 9.89 Å². The third-order valence-electron chi connectivity index (χ3n) is 3.94. The van der Waals surface area contributed by atoms with E-state index in [1.54, 1.807) is 0 Å². The highest BCUT2D eigenvalue weighted by atomic mass is 16.5. The van der Waals surface area contributed by atoms with Gasteiger partial charge in [-0.2, -0.15) is 5.10 Å². The van der Waals surface area contributed by atoms with E-state index >= 15 is 0 Å². The topological polar surface area (TPSA) is 67.0 Å². The maximum absolute atomic E-state index is 12.0. The van der Waals surface area contributed by atoms with E-state index in [9.17, 15) is 4.79 Å². The van der Waals surface area contributed by atoms with Crippen molar-refractivity contribution in [3.05, 3.63) is 17.0 Å². The van der Waals surface area contributed by atoms with Gasteiger partial charge in [0.2, 0.25) is 0 Å². The molecular formula is C15H25N3O2. The summed E-state index contributed by atoms with van der Waals surface area (Å²) in [4.78, 5) is 12.0. The van der Waals surface area contributed by atoms with Gasteiger partial charge in [-0.25, -0.2) is 0 Å². The van der Waals surface area contributed by atoms with Crippen molar-refractivity contribution in [3.63, 3.8) is 0 Å². The summed E-state index contributed by atoms with van der Waals surface area (Å²) in [6, 6.07) is 0. The lowest BCUT2D eigenvalue weighted by molar-refractivity contribution is 0.0942. The Balaban J connectivity index is 1.65. The monoisotopic (exact) mass is 279 g/mol. The Morgan fingerprint density at radius 3 is 3.00 bits per heavy atom. The SMILES string of the molecule is CCc1[nH]nc(C(=O)NCCCC[C@@H]2CCCO2)c1C. The molecule has 0 bridgehead atoms. The number of hydrogen-bond acceptors (Lipinski definition) is 3. The maximum Gasteiger partial charge on any atom is 0.272 e. The summed E-state index contributed by atoms with van der Waals surface area (Å²) in [6.07, 6.45) is 6.91. The average molecular weight is 279 g/mol. The minimum Gasteiger partial charge on any atom is -0.378 e. The highest BCUT2D eigenvalue weighted by Crippen LogP contribution is 2.17. The number of aromatic nitrogens is 2. The molecule has 1 aromatic rings. The molecule has 1 atom stereocenters. The van der Waals surface area contributed by atoms with Gasteiger partial charge in [0.05, 0.1) is 6.10 Å². The fraction of sp³-hybridized carbons (Fsp3) is 0.733. The minimum atomic E-state index is -0.0735. The smallest absolute Gasteiger partial charge is 0.272 e. The Hall–Kier alpha value is -1.36. The van der Waals surface area contributed by atoms with Crippen molar-refractivity contribution in [2.24, 2.45) is 0 Å². The van der Waals surface area contributed by atoms with Crippen molar-refractivity contribution in [1.82, 2.24) is 15.5 Å². The van der Waals surface area contributed by atoms with Crippen LogP contribution in [0.5, 0.6) is 0 Å². The first-order valence-electron chi connectivity index (χ1n) is 7.66. The number of amides is 1. The largest absolute Gasteiger partial charge is 0.378 e. The zero-order chi connectivity index (χ0) is 14.4. The van der Waals surface area contributed by atoms with Crippen molar-refractivity contribution in [3.8, 4) is 0 Å². The van der Waals surface area contributed by atoms with Gasteiger partial charge < -0.3 is 10.1 Å². The van der Waals surface area contributed by atoms with Crippen molar-refractivity contribution >= 4 is 5.91 Å². The zero-order valence-electron chi connectivity index (χ0n) is 12.5. The number of nitrogens with one attached hydrogen (secondary N) is 2. The van der Waals surface area contributed by atoms with E-state index in [0.29, 0.717) is 18.3 Å². The second-order valence-electron chi connectivity index (χ2n) is 5.42. The molecule has 1 amide bonds. The molecule has 2 rings (SSSR count). The number of nitrogens with zero attached hydrogens (tertiary/aromatic N) is 1. The van der Waals surface area contributed by atoms with Gasteiger partial charge >= 0.3 is 0 Å². The van der Waals surface area contributed by atoms with Crippen LogP contribution in [0.1, 0.15) is 60.8 Å². The average Bonchev–Trinajstić information content (AvgIpc) is 3.07. The van der Waals surface area contributed by atoms with Crippen molar-refractivity contribution in [2.45, 2.75) is 58.5 Å². The second kappa shape index (κ2) is 7.43. The lowest BCUT2D eigenvalue weighted by Crippen LogP contribution is -2.25. The highest BCUT2D eigenvalue weighted by molar-refractivity contribution is 5.93. The predicted octanol–water partition coefficient (Wildman–Crippen LogP) is 2.36. The number of carbonyl (C=O) groups excluding carboxylic acids is 1. The van der Waals surface area contributed by atoms with Crippen LogP contribution in [0.4, 0.5) is 0 Å². The van der Waals surface area contributed by atoms with Crippen molar-refractivity contribution in [1.29, 1.82) is 0 Å². The molecule has 0 unspecified atom stereocenters. The molecule has 20 heavy (non-hydrogen) atoms. The lowest BCUT2D eigenvalue weighted by Gasteiger charge is -2.09. The molecule has 5 nitrogen and oxygen atoms in total. The third kappa shape index (κ3) is 3.82. The molecule has 0 radical (unpaired) electrons. The first-order chi connectivity index (χ1) is 9.72. The summed E-state index contributed by atoms with van der Waals surface area (Å²) in [7, 11) is 0. The molecule has 0 spiro atoms. The molecule has 0 aromatic carbocycles. The Labute approximate surface area is 120 Å². The molecule has 2 N–H and O–H groups in total. The van der Waals surface area contributed by atoms with E-state index < -0.39 is 0 Å². The zero-order valence-corrected chi connectivity index (χ0v) is 12.5. The molecule has 1 saturated heterocycles. The Bertz CT molecular complexity index is 436. The number of carbonyl (C=O) groups is 1. The quantitative estimate of drug-likeness (QED) is 0.753. The van der Waals surface area contributed by atoms with E-state index in [1.807, 2.05) is 13.8 Å². The third-order valence-corrected chi connectivity index (χ3v) is 3.94.